The first-order valence-electron chi connectivity index (χ1n) is 5.27. The average Bonchev–Trinajstić information content (AvgIpc) is 2.66. The number of nitrogens with one attached hydrogen (secondary N) is 1. The van der Waals surface area contributed by atoms with Gasteiger partial charge in [0, 0.05) is 25.3 Å². The van der Waals surface area contributed by atoms with Gasteiger partial charge >= 0.3 is 0 Å². The van der Waals surface area contributed by atoms with Crippen LogP contribution in [0.25, 0.3) is 0 Å². The Hall–Kier alpha value is -0.580. The summed E-state index contributed by atoms with van der Waals surface area (Å²) in [6.07, 6.45) is 2.63. The highest BCUT2D eigenvalue weighted by atomic mass is 79.9. The van der Waals surface area contributed by atoms with Crippen LogP contribution in [0.5, 0.6) is 0 Å². The molecular weight excluding hydrogens is 260 g/mol. The van der Waals surface area contributed by atoms with Gasteiger partial charge in [-0.3, -0.25) is 9.59 Å². The number of hydrogen-bond acceptors (Lipinski definition) is 2. The monoisotopic (exact) mass is 276 g/mol. The van der Waals surface area contributed by atoms with E-state index in [0.717, 1.165) is 24.6 Å². The van der Waals surface area contributed by atoms with Crippen molar-refractivity contribution in [1.82, 2.24) is 10.2 Å². The summed E-state index contributed by atoms with van der Waals surface area (Å²) in [4.78, 5) is 24.6. The minimum atomic E-state index is -0.238. The number of hydrogen-bond donors (Lipinski definition) is 1. The van der Waals surface area contributed by atoms with Gasteiger partial charge in [-0.15, -0.1) is 0 Å². The molecule has 15 heavy (non-hydrogen) atoms. The average molecular weight is 277 g/mol. The van der Waals surface area contributed by atoms with E-state index in [1.165, 1.54) is 6.92 Å². The highest BCUT2D eigenvalue weighted by Gasteiger charge is 2.31. The fourth-order valence-corrected chi connectivity index (χ4v) is 2.09. The normalized spacial score (nSPS) is 20.4. The molecule has 4 nitrogen and oxygen atoms in total. The Labute approximate surface area is 98.5 Å². The van der Waals surface area contributed by atoms with Crippen molar-refractivity contribution in [3.63, 3.8) is 0 Å². The maximum atomic E-state index is 11.7. The summed E-state index contributed by atoms with van der Waals surface area (Å²) in [5.74, 6) is -0.0169. The Morgan fingerprint density at radius 1 is 1.53 bits per heavy atom. The molecule has 0 aliphatic carbocycles. The number of carbonyl (C=O) groups excluding carboxylic acids is 2. The van der Waals surface area contributed by atoms with Crippen LogP contribution in [0.3, 0.4) is 0 Å². The van der Waals surface area contributed by atoms with Gasteiger partial charge in [-0.1, -0.05) is 15.9 Å². The summed E-state index contributed by atoms with van der Waals surface area (Å²) in [6.45, 7) is 2.91. The minimum Gasteiger partial charge on any atom is -0.354 e. The van der Waals surface area contributed by atoms with Gasteiger partial charge in [0.05, 0.1) is 0 Å². The third-order valence-corrected chi connectivity index (χ3v) is 3.13. The summed E-state index contributed by atoms with van der Waals surface area (Å²) in [6, 6.07) is -0.238. The molecule has 1 heterocycles. The lowest BCUT2D eigenvalue weighted by molar-refractivity contribution is -0.136. The molecule has 0 aromatic carbocycles. The number of amides is 2. The Morgan fingerprint density at radius 2 is 2.27 bits per heavy atom. The van der Waals surface area contributed by atoms with Gasteiger partial charge in [-0.25, -0.2) is 0 Å². The van der Waals surface area contributed by atoms with Gasteiger partial charge < -0.3 is 10.2 Å². The summed E-state index contributed by atoms with van der Waals surface area (Å²) in [5.41, 5.74) is 0. The van der Waals surface area contributed by atoms with Crippen molar-refractivity contribution in [2.24, 2.45) is 0 Å². The second-order valence-electron chi connectivity index (χ2n) is 3.70. The summed E-state index contributed by atoms with van der Waals surface area (Å²) in [5, 5.41) is 3.73. The van der Waals surface area contributed by atoms with E-state index in [9.17, 15) is 9.59 Å². The first-order chi connectivity index (χ1) is 7.16. The number of alkyl halides is 1. The number of halogens is 1. The minimum absolute atomic E-state index is 0.00635. The molecule has 0 unspecified atom stereocenters. The zero-order valence-corrected chi connectivity index (χ0v) is 10.5. The third-order valence-electron chi connectivity index (χ3n) is 2.57. The Balaban J connectivity index is 2.40. The highest BCUT2D eigenvalue weighted by molar-refractivity contribution is 9.09. The van der Waals surface area contributed by atoms with E-state index in [4.69, 9.17) is 0 Å². The molecule has 1 fully saturated rings. The Bertz CT molecular complexity index is 246. The zero-order chi connectivity index (χ0) is 11.3. The Kier molecular flexibility index (Phi) is 5.08. The van der Waals surface area contributed by atoms with Crippen LogP contribution in [0, 0.1) is 0 Å². The van der Waals surface area contributed by atoms with Gasteiger partial charge in [-0.2, -0.15) is 0 Å². The van der Waals surface area contributed by atoms with Crippen LogP contribution in [0.15, 0.2) is 0 Å². The predicted molar refractivity (Wildman–Crippen MR) is 61.8 cm³/mol. The molecule has 1 saturated heterocycles. The highest BCUT2D eigenvalue weighted by Crippen LogP contribution is 2.17. The molecule has 1 rings (SSSR count). The molecule has 0 aromatic heterocycles. The molecule has 0 spiro atoms. The van der Waals surface area contributed by atoms with Crippen molar-refractivity contribution in [1.29, 1.82) is 0 Å². The van der Waals surface area contributed by atoms with Gasteiger partial charge in [0.15, 0.2) is 0 Å². The van der Waals surface area contributed by atoms with Crippen LogP contribution in [0.1, 0.15) is 26.2 Å². The summed E-state index contributed by atoms with van der Waals surface area (Å²) < 4.78 is 0. The van der Waals surface area contributed by atoms with Gasteiger partial charge in [0.25, 0.3) is 0 Å². The second kappa shape index (κ2) is 6.10. The molecule has 0 bridgehead atoms. The first kappa shape index (κ1) is 12.5. The van der Waals surface area contributed by atoms with Crippen molar-refractivity contribution in [2.45, 2.75) is 32.2 Å². The number of nitrogens with zero attached hydrogens (tertiary/aromatic N) is 1. The smallest absolute Gasteiger partial charge is 0.242 e. The molecule has 1 aliphatic rings. The maximum absolute atomic E-state index is 11.7. The van der Waals surface area contributed by atoms with Gasteiger partial charge in [-0.05, 0) is 19.3 Å². The van der Waals surface area contributed by atoms with Crippen LogP contribution in [-0.2, 0) is 9.59 Å². The van der Waals surface area contributed by atoms with E-state index in [1.807, 2.05) is 0 Å². The topological polar surface area (TPSA) is 49.4 Å². The van der Waals surface area contributed by atoms with Crippen LogP contribution in [0.4, 0.5) is 0 Å². The lowest BCUT2D eigenvalue weighted by Crippen LogP contribution is -2.45. The standard InChI is InChI=1S/C10H17BrN2O2/c1-8(14)13-7-2-4-9(13)10(15)12-6-3-5-11/h9H,2-7H2,1H3,(H,12,15)/t9-/m1/s1. The largest absolute Gasteiger partial charge is 0.354 e. The van der Waals surface area contributed by atoms with E-state index in [-0.39, 0.29) is 17.9 Å². The van der Waals surface area contributed by atoms with Crippen molar-refractivity contribution in [3.05, 3.63) is 0 Å². The van der Waals surface area contributed by atoms with Crippen molar-refractivity contribution < 1.29 is 9.59 Å². The van der Waals surface area contributed by atoms with Crippen LogP contribution >= 0.6 is 15.9 Å². The van der Waals surface area contributed by atoms with Gasteiger partial charge in [0.2, 0.25) is 11.8 Å². The Morgan fingerprint density at radius 3 is 2.87 bits per heavy atom. The van der Waals surface area contributed by atoms with E-state index < -0.39 is 0 Å². The fourth-order valence-electron chi connectivity index (χ4n) is 1.81. The van der Waals surface area contributed by atoms with Crippen LogP contribution in [-0.4, -0.2) is 41.2 Å². The van der Waals surface area contributed by atoms with Crippen molar-refractivity contribution >= 4 is 27.7 Å². The van der Waals surface area contributed by atoms with Crippen LogP contribution in [0.2, 0.25) is 0 Å². The molecular formula is C10H17BrN2O2. The lowest BCUT2D eigenvalue weighted by atomic mass is 10.2. The second-order valence-corrected chi connectivity index (χ2v) is 4.50. The number of carbonyl (C=O) groups is 2. The molecule has 86 valence electrons. The zero-order valence-electron chi connectivity index (χ0n) is 8.96. The number of rotatable bonds is 4. The van der Waals surface area contributed by atoms with Crippen molar-refractivity contribution in [3.8, 4) is 0 Å². The number of likely N-dealkylation sites (tertiary alicyclic amines) is 1. The van der Waals surface area contributed by atoms with Crippen LogP contribution < -0.4 is 5.32 Å². The molecule has 0 aromatic rings. The predicted octanol–water partition coefficient (Wildman–Crippen LogP) is 0.898. The third kappa shape index (κ3) is 3.48. The molecule has 0 radical (unpaired) electrons. The maximum Gasteiger partial charge on any atom is 0.242 e. The van der Waals surface area contributed by atoms with E-state index in [0.29, 0.717) is 13.1 Å². The van der Waals surface area contributed by atoms with E-state index in [1.54, 1.807) is 4.90 Å². The molecule has 2 amide bonds. The summed E-state index contributed by atoms with van der Waals surface area (Å²) in [7, 11) is 0. The molecule has 0 saturated carbocycles. The van der Waals surface area contributed by atoms with E-state index in [2.05, 4.69) is 21.2 Å². The van der Waals surface area contributed by atoms with Crippen molar-refractivity contribution in [2.75, 3.05) is 18.4 Å². The fraction of sp³-hybridized carbons (Fsp3) is 0.800. The molecule has 1 atom stereocenters. The summed E-state index contributed by atoms with van der Waals surface area (Å²) >= 11 is 3.30. The molecule has 1 aliphatic heterocycles. The first-order valence-corrected chi connectivity index (χ1v) is 6.40. The molecule has 1 N–H and O–H groups in total. The SMILES string of the molecule is CC(=O)N1CCC[C@@H]1C(=O)NCCCBr. The quantitative estimate of drug-likeness (QED) is 0.613. The van der Waals surface area contributed by atoms with Gasteiger partial charge in [0.1, 0.15) is 6.04 Å². The molecule has 5 heteroatoms. The van der Waals surface area contributed by atoms with E-state index >= 15 is 0 Å². The lowest BCUT2D eigenvalue weighted by Gasteiger charge is -2.22.